The van der Waals surface area contributed by atoms with Gasteiger partial charge >= 0.3 is 5.97 Å². The van der Waals surface area contributed by atoms with Crippen molar-refractivity contribution in [3.63, 3.8) is 0 Å². The molecule has 1 aliphatic rings. The van der Waals surface area contributed by atoms with E-state index in [-0.39, 0.29) is 43.8 Å². The maximum absolute atomic E-state index is 13.1. The van der Waals surface area contributed by atoms with Crippen LogP contribution in [0.15, 0.2) is 12.3 Å². The standard InChI is InChI=1S/C25H45Cl3N4O6/c1-16(2)20(30-17(3)13-38-24(4,5)6)21(33)29-12-18(14-36-7)22(34)32-11-9-8-10-19(31-32)23(35)37-15-25(26,27)28/h16,18-20,22,30-31,34H,3,8-15H2,1-2,4-7H3,(H,29,33)/t18-,19-,20-,22?/m0/s1. The molecule has 1 heterocycles. The third kappa shape index (κ3) is 14.0. The SMILES string of the molecule is C=C(COC(C)(C)C)N[C@H](C(=O)NC[C@@H](COC)C(O)N1CCCC[C@@H](C(=O)OCC(Cl)(Cl)Cl)N1)C(C)C. The number of alkyl halides is 3. The van der Waals surface area contributed by atoms with Gasteiger partial charge in [-0.3, -0.25) is 9.59 Å². The molecule has 10 nitrogen and oxygen atoms in total. The Hall–Kier alpha value is -0.850. The van der Waals surface area contributed by atoms with Crippen LogP contribution < -0.4 is 16.1 Å². The summed E-state index contributed by atoms with van der Waals surface area (Å²) < 4.78 is 14.5. The van der Waals surface area contributed by atoms with Crippen LogP contribution in [0, 0.1) is 11.8 Å². The van der Waals surface area contributed by atoms with Crippen LogP contribution in [0.25, 0.3) is 0 Å². The summed E-state index contributed by atoms with van der Waals surface area (Å²) in [5, 5.41) is 18.8. The summed E-state index contributed by atoms with van der Waals surface area (Å²) in [7, 11) is 1.52. The van der Waals surface area contributed by atoms with E-state index in [9.17, 15) is 14.7 Å². The molecule has 1 aliphatic heterocycles. The highest BCUT2D eigenvalue weighted by Gasteiger charge is 2.34. The molecular formula is C25H45Cl3N4O6. The van der Waals surface area contributed by atoms with E-state index in [0.29, 0.717) is 18.7 Å². The first-order chi connectivity index (χ1) is 17.5. The molecule has 4 atom stereocenters. The van der Waals surface area contributed by atoms with Crippen molar-refractivity contribution in [3.8, 4) is 0 Å². The number of esters is 1. The summed E-state index contributed by atoms with van der Waals surface area (Å²) in [5.74, 6) is -1.33. The van der Waals surface area contributed by atoms with Crippen LogP contribution in [-0.4, -0.2) is 89.7 Å². The lowest BCUT2D eigenvalue weighted by molar-refractivity contribution is -0.151. The summed E-state index contributed by atoms with van der Waals surface area (Å²) in [6.07, 6.45) is 0.915. The zero-order chi connectivity index (χ0) is 29.1. The van der Waals surface area contributed by atoms with Crippen LogP contribution in [0.2, 0.25) is 0 Å². The number of hydrogen-bond acceptors (Lipinski definition) is 9. The molecule has 38 heavy (non-hydrogen) atoms. The minimum Gasteiger partial charge on any atom is -0.460 e. The number of nitrogens with zero attached hydrogens (tertiary/aromatic N) is 1. The number of carbonyl (C=O) groups excluding carboxylic acids is 2. The minimum atomic E-state index is -1.71. The van der Waals surface area contributed by atoms with Crippen LogP contribution in [-0.2, 0) is 23.8 Å². The predicted molar refractivity (Wildman–Crippen MR) is 150 cm³/mol. The second-order valence-corrected chi connectivity index (χ2v) is 13.4. The zero-order valence-corrected chi connectivity index (χ0v) is 25.6. The van der Waals surface area contributed by atoms with E-state index in [0.717, 1.165) is 12.8 Å². The molecule has 0 saturated carbocycles. The number of hydrazine groups is 1. The highest BCUT2D eigenvalue weighted by molar-refractivity contribution is 6.67. The molecule has 1 unspecified atom stereocenters. The van der Waals surface area contributed by atoms with Crippen LogP contribution >= 0.6 is 34.8 Å². The van der Waals surface area contributed by atoms with Gasteiger partial charge in [0.25, 0.3) is 0 Å². The fourth-order valence-electron chi connectivity index (χ4n) is 3.75. The van der Waals surface area contributed by atoms with Gasteiger partial charge in [-0.2, -0.15) is 0 Å². The van der Waals surface area contributed by atoms with Gasteiger partial charge in [0.1, 0.15) is 24.9 Å². The van der Waals surface area contributed by atoms with E-state index in [2.05, 4.69) is 22.6 Å². The number of carbonyl (C=O) groups is 2. The van der Waals surface area contributed by atoms with Crippen LogP contribution in [0.5, 0.6) is 0 Å². The van der Waals surface area contributed by atoms with Gasteiger partial charge in [0.05, 0.1) is 18.8 Å². The van der Waals surface area contributed by atoms with Gasteiger partial charge in [-0.25, -0.2) is 10.4 Å². The van der Waals surface area contributed by atoms with Crippen molar-refractivity contribution in [1.29, 1.82) is 0 Å². The number of ether oxygens (including phenoxy) is 3. The van der Waals surface area contributed by atoms with E-state index in [1.165, 1.54) is 7.11 Å². The van der Waals surface area contributed by atoms with Gasteiger partial charge in [0, 0.05) is 31.8 Å². The number of hydrogen-bond donors (Lipinski definition) is 4. The Kier molecular flexibility index (Phi) is 15.2. The molecule has 0 aromatic heterocycles. The molecule has 1 rings (SSSR count). The molecule has 0 bridgehead atoms. The largest absolute Gasteiger partial charge is 0.460 e. The third-order valence-corrected chi connectivity index (χ3v) is 6.10. The summed E-state index contributed by atoms with van der Waals surface area (Å²) in [6.45, 7) is 14.4. The number of aliphatic hydroxyl groups is 1. The Morgan fingerprint density at radius 2 is 1.87 bits per heavy atom. The second kappa shape index (κ2) is 16.4. The van der Waals surface area contributed by atoms with Gasteiger partial charge in [0.2, 0.25) is 9.70 Å². The fraction of sp³-hybridized carbons (Fsp3) is 0.840. The number of methoxy groups -OCH3 is 1. The van der Waals surface area contributed by atoms with E-state index >= 15 is 0 Å². The first kappa shape index (κ1) is 35.2. The quantitative estimate of drug-likeness (QED) is 0.175. The lowest BCUT2D eigenvalue weighted by Gasteiger charge is -2.34. The van der Waals surface area contributed by atoms with Crippen molar-refractivity contribution < 1.29 is 28.9 Å². The van der Waals surface area contributed by atoms with Crippen molar-refractivity contribution in [2.75, 3.05) is 40.0 Å². The number of amides is 1. The van der Waals surface area contributed by atoms with Crippen LogP contribution in [0.3, 0.4) is 0 Å². The fourth-order valence-corrected chi connectivity index (χ4v) is 3.92. The topological polar surface area (TPSA) is 121 Å². The molecule has 0 radical (unpaired) electrons. The summed E-state index contributed by atoms with van der Waals surface area (Å²) in [4.78, 5) is 25.6. The predicted octanol–water partition coefficient (Wildman–Crippen LogP) is 2.90. The lowest BCUT2D eigenvalue weighted by Crippen LogP contribution is -2.57. The number of halogens is 3. The first-order valence-corrected chi connectivity index (χ1v) is 14.0. The summed E-state index contributed by atoms with van der Waals surface area (Å²) in [5.41, 5.74) is 3.32. The lowest BCUT2D eigenvalue weighted by atomic mass is 10.0. The normalized spacial score (nSPS) is 19.8. The van der Waals surface area contributed by atoms with E-state index in [1.807, 2.05) is 34.6 Å². The van der Waals surface area contributed by atoms with Crippen LogP contribution in [0.1, 0.15) is 53.9 Å². The highest BCUT2D eigenvalue weighted by Crippen LogP contribution is 2.26. The van der Waals surface area contributed by atoms with Crippen molar-refractivity contribution in [1.82, 2.24) is 21.1 Å². The highest BCUT2D eigenvalue weighted by atomic mass is 35.6. The third-order valence-electron chi connectivity index (χ3n) is 5.77. The Morgan fingerprint density at radius 3 is 2.42 bits per heavy atom. The Labute approximate surface area is 242 Å². The number of rotatable bonds is 14. The number of aliphatic hydroxyl groups excluding tert-OH is 1. The van der Waals surface area contributed by atoms with Gasteiger partial charge in [-0.15, -0.1) is 0 Å². The van der Waals surface area contributed by atoms with Crippen molar-refractivity contribution in [2.24, 2.45) is 11.8 Å². The minimum absolute atomic E-state index is 0.0288. The summed E-state index contributed by atoms with van der Waals surface area (Å²) >= 11 is 17.1. The average molecular weight is 604 g/mol. The molecule has 0 aromatic rings. The Morgan fingerprint density at radius 1 is 1.21 bits per heavy atom. The number of nitrogens with one attached hydrogen (secondary N) is 3. The molecule has 0 spiro atoms. The van der Waals surface area contributed by atoms with Gasteiger partial charge in [0.15, 0.2) is 0 Å². The van der Waals surface area contributed by atoms with Crippen molar-refractivity contribution in [3.05, 3.63) is 12.3 Å². The average Bonchev–Trinajstić information content (AvgIpc) is 3.07. The van der Waals surface area contributed by atoms with Gasteiger partial charge < -0.3 is 30.0 Å². The molecule has 0 aromatic carbocycles. The van der Waals surface area contributed by atoms with E-state index < -0.39 is 34.0 Å². The van der Waals surface area contributed by atoms with Crippen molar-refractivity contribution in [2.45, 2.75) is 81.6 Å². The first-order valence-electron chi connectivity index (χ1n) is 12.8. The molecule has 222 valence electrons. The Balaban J connectivity index is 2.79. The molecular weight excluding hydrogens is 559 g/mol. The molecule has 4 N–H and O–H groups in total. The monoisotopic (exact) mass is 602 g/mol. The smallest absolute Gasteiger partial charge is 0.324 e. The zero-order valence-electron chi connectivity index (χ0n) is 23.3. The van der Waals surface area contributed by atoms with E-state index in [1.54, 1.807) is 5.01 Å². The Bertz CT molecular complexity index is 760. The van der Waals surface area contributed by atoms with Crippen LogP contribution in [0.4, 0.5) is 0 Å². The molecule has 1 saturated heterocycles. The molecule has 0 aliphatic carbocycles. The molecule has 1 amide bonds. The van der Waals surface area contributed by atoms with Gasteiger partial charge in [-0.1, -0.05) is 55.2 Å². The van der Waals surface area contributed by atoms with Gasteiger partial charge in [-0.05, 0) is 46.0 Å². The molecule has 13 heteroatoms. The summed E-state index contributed by atoms with van der Waals surface area (Å²) in [6, 6.07) is -1.26. The van der Waals surface area contributed by atoms with Crippen molar-refractivity contribution >= 4 is 46.7 Å². The molecule has 1 fully saturated rings. The van der Waals surface area contributed by atoms with E-state index in [4.69, 9.17) is 49.0 Å². The maximum Gasteiger partial charge on any atom is 0.324 e. The second-order valence-electron chi connectivity index (χ2n) is 10.8. The maximum atomic E-state index is 13.1.